The van der Waals surface area contributed by atoms with E-state index in [9.17, 15) is 13.2 Å². The summed E-state index contributed by atoms with van der Waals surface area (Å²) in [5, 5.41) is 6.35. The van der Waals surface area contributed by atoms with Crippen molar-refractivity contribution in [3.05, 3.63) is 30.3 Å². The standard InChI is InChI=1S/C19H29N3O4S/c1-26-15-19(9-11-20-12-10-19)14-21-18(23)17-8-5-13-22(17)27(24,25)16-6-3-2-4-7-16/h2-4,6-7,17,20H,5,8-15H2,1H3,(H,21,23). The molecule has 0 aromatic heterocycles. The van der Waals surface area contributed by atoms with Crippen LogP contribution in [0.4, 0.5) is 0 Å². The van der Waals surface area contributed by atoms with Crippen molar-refractivity contribution in [3.8, 4) is 0 Å². The number of hydrogen-bond acceptors (Lipinski definition) is 5. The molecule has 1 aromatic carbocycles. The fourth-order valence-electron chi connectivity index (χ4n) is 4.05. The van der Waals surface area contributed by atoms with Gasteiger partial charge in [0.05, 0.1) is 11.5 Å². The second kappa shape index (κ2) is 8.68. The Hall–Kier alpha value is -1.48. The molecule has 1 unspecified atom stereocenters. The molecule has 0 spiro atoms. The Morgan fingerprint density at radius 3 is 2.67 bits per heavy atom. The van der Waals surface area contributed by atoms with Crippen LogP contribution in [-0.2, 0) is 19.6 Å². The van der Waals surface area contributed by atoms with Gasteiger partial charge in [0.1, 0.15) is 6.04 Å². The molecule has 8 heteroatoms. The number of carbonyl (C=O) groups is 1. The number of nitrogens with zero attached hydrogens (tertiary/aromatic N) is 1. The van der Waals surface area contributed by atoms with Crippen LogP contribution in [0.1, 0.15) is 25.7 Å². The Kier molecular flexibility index (Phi) is 6.52. The Morgan fingerprint density at radius 2 is 2.00 bits per heavy atom. The van der Waals surface area contributed by atoms with Gasteiger partial charge in [-0.1, -0.05) is 18.2 Å². The van der Waals surface area contributed by atoms with Crippen LogP contribution in [0.3, 0.4) is 0 Å². The van der Waals surface area contributed by atoms with Crippen molar-refractivity contribution >= 4 is 15.9 Å². The highest BCUT2D eigenvalue weighted by atomic mass is 32.2. The third-order valence-corrected chi connectivity index (χ3v) is 7.53. The lowest BCUT2D eigenvalue weighted by molar-refractivity contribution is -0.125. The molecule has 1 aromatic rings. The van der Waals surface area contributed by atoms with Gasteiger partial charge in [0.2, 0.25) is 15.9 Å². The van der Waals surface area contributed by atoms with E-state index in [1.165, 1.54) is 4.31 Å². The maximum Gasteiger partial charge on any atom is 0.243 e. The van der Waals surface area contributed by atoms with Gasteiger partial charge in [0.15, 0.2) is 0 Å². The van der Waals surface area contributed by atoms with Gasteiger partial charge in [-0.25, -0.2) is 8.42 Å². The van der Waals surface area contributed by atoms with E-state index in [-0.39, 0.29) is 16.2 Å². The summed E-state index contributed by atoms with van der Waals surface area (Å²) in [5.41, 5.74) is -0.0859. The van der Waals surface area contributed by atoms with Crippen molar-refractivity contribution in [2.24, 2.45) is 5.41 Å². The normalized spacial score (nSPS) is 23.2. The topological polar surface area (TPSA) is 87.7 Å². The van der Waals surface area contributed by atoms with Crippen molar-refractivity contribution in [3.63, 3.8) is 0 Å². The fourth-order valence-corrected chi connectivity index (χ4v) is 5.72. The molecule has 0 saturated carbocycles. The summed E-state index contributed by atoms with van der Waals surface area (Å²) in [5.74, 6) is -0.207. The van der Waals surface area contributed by atoms with E-state index in [4.69, 9.17) is 4.74 Å². The molecule has 2 aliphatic rings. The molecule has 2 fully saturated rings. The van der Waals surface area contributed by atoms with Gasteiger partial charge in [-0.3, -0.25) is 4.79 Å². The second-order valence-electron chi connectivity index (χ2n) is 7.49. The summed E-state index contributed by atoms with van der Waals surface area (Å²) in [7, 11) is -1.99. The third kappa shape index (κ3) is 4.51. The monoisotopic (exact) mass is 395 g/mol. The van der Waals surface area contributed by atoms with Gasteiger partial charge in [-0.2, -0.15) is 4.31 Å². The van der Waals surface area contributed by atoms with Crippen molar-refractivity contribution in [1.29, 1.82) is 0 Å². The molecule has 2 N–H and O–H groups in total. The van der Waals surface area contributed by atoms with Crippen molar-refractivity contribution in [1.82, 2.24) is 14.9 Å². The molecule has 0 radical (unpaired) electrons. The van der Waals surface area contributed by atoms with E-state index in [1.54, 1.807) is 37.4 Å². The lowest BCUT2D eigenvalue weighted by Crippen LogP contribution is -2.51. The van der Waals surface area contributed by atoms with Gasteiger partial charge in [0, 0.05) is 25.6 Å². The molecule has 7 nitrogen and oxygen atoms in total. The molecule has 27 heavy (non-hydrogen) atoms. The average molecular weight is 396 g/mol. The van der Waals surface area contributed by atoms with Crippen LogP contribution in [0.5, 0.6) is 0 Å². The van der Waals surface area contributed by atoms with Crippen LogP contribution < -0.4 is 10.6 Å². The van der Waals surface area contributed by atoms with E-state index >= 15 is 0 Å². The van der Waals surface area contributed by atoms with Crippen molar-refractivity contribution in [2.75, 3.05) is 39.9 Å². The smallest absolute Gasteiger partial charge is 0.243 e. The van der Waals surface area contributed by atoms with E-state index in [2.05, 4.69) is 10.6 Å². The highest BCUT2D eigenvalue weighted by molar-refractivity contribution is 7.89. The lowest BCUT2D eigenvalue weighted by Gasteiger charge is -2.37. The number of nitrogens with one attached hydrogen (secondary N) is 2. The van der Waals surface area contributed by atoms with Crippen LogP contribution in [0.2, 0.25) is 0 Å². The first-order valence-corrected chi connectivity index (χ1v) is 11.0. The molecule has 2 aliphatic heterocycles. The van der Waals surface area contributed by atoms with Crippen molar-refractivity contribution < 1.29 is 17.9 Å². The van der Waals surface area contributed by atoms with Crippen LogP contribution >= 0.6 is 0 Å². The SMILES string of the molecule is COCC1(CNC(=O)C2CCCN2S(=O)(=O)c2ccccc2)CCNCC1. The minimum atomic E-state index is -3.66. The van der Waals surface area contributed by atoms with Crippen LogP contribution in [0.25, 0.3) is 0 Å². The fraction of sp³-hybridized carbons (Fsp3) is 0.632. The molecule has 1 atom stereocenters. The molecule has 0 bridgehead atoms. The predicted octanol–water partition coefficient (Wildman–Crippen LogP) is 0.972. The molecule has 2 heterocycles. The first-order chi connectivity index (χ1) is 13.0. The number of rotatable bonds is 7. The molecule has 3 rings (SSSR count). The summed E-state index contributed by atoms with van der Waals surface area (Å²) in [6, 6.07) is 7.68. The quantitative estimate of drug-likeness (QED) is 0.718. The number of ether oxygens (including phenoxy) is 1. The number of carbonyl (C=O) groups excluding carboxylic acids is 1. The Labute approximate surface area is 161 Å². The number of piperidine rings is 1. The number of hydrogen-bond donors (Lipinski definition) is 2. The maximum absolute atomic E-state index is 12.9. The minimum Gasteiger partial charge on any atom is -0.384 e. The highest BCUT2D eigenvalue weighted by Gasteiger charge is 2.40. The van der Waals surface area contributed by atoms with Gasteiger partial charge < -0.3 is 15.4 Å². The Bertz CT molecular complexity index is 727. The summed E-state index contributed by atoms with van der Waals surface area (Å²) < 4.78 is 32.6. The van der Waals surface area contributed by atoms with Gasteiger partial charge in [-0.15, -0.1) is 0 Å². The van der Waals surface area contributed by atoms with Crippen LogP contribution in [-0.4, -0.2) is 64.6 Å². The number of benzene rings is 1. The van der Waals surface area contributed by atoms with Gasteiger partial charge in [-0.05, 0) is 50.9 Å². The number of methoxy groups -OCH3 is 1. The zero-order valence-corrected chi connectivity index (χ0v) is 16.6. The summed E-state index contributed by atoms with van der Waals surface area (Å²) in [6.07, 6.45) is 3.10. The van der Waals surface area contributed by atoms with E-state index in [0.717, 1.165) is 25.9 Å². The van der Waals surface area contributed by atoms with Crippen molar-refractivity contribution in [2.45, 2.75) is 36.6 Å². The molecule has 1 amide bonds. The van der Waals surface area contributed by atoms with E-state index in [1.807, 2.05) is 0 Å². The lowest BCUT2D eigenvalue weighted by atomic mass is 9.79. The molecule has 0 aliphatic carbocycles. The summed E-state index contributed by atoms with van der Waals surface area (Å²) in [6.45, 7) is 3.28. The second-order valence-corrected chi connectivity index (χ2v) is 9.38. The predicted molar refractivity (Wildman–Crippen MR) is 103 cm³/mol. The highest BCUT2D eigenvalue weighted by Crippen LogP contribution is 2.29. The zero-order valence-electron chi connectivity index (χ0n) is 15.8. The zero-order chi connectivity index (χ0) is 19.3. The molecule has 150 valence electrons. The number of sulfonamides is 1. The largest absolute Gasteiger partial charge is 0.384 e. The Balaban J connectivity index is 1.68. The molecule has 2 saturated heterocycles. The first-order valence-electron chi connectivity index (χ1n) is 9.53. The molecular formula is C19H29N3O4S. The third-order valence-electron chi connectivity index (χ3n) is 5.61. The minimum absolute atomic E-state index is 0.0859. The Morgan fingerprint density at radius 1 is 1.30 bits per heavy atom. The van der Waals surface area contributed by atoms with Crippen LogP contribution in [0.15, 0.2) is 35.2 Å². The molecular weight excluding hydrogens is 366 g/mol. The van der Waals surface area contributed by atoms with Gasteiger partial charge >= 0.3 is 0 Å². The van der Waals surface area contributed by atoms with E-state index < -0.39 is 16.1 Å². The number of amides is 1. The first kappa shape index (κ1) is 20.3. The average Bonchev–Trinajstić information content (AvgIpc) is 3.19. The van der Waals surface area contributed by atoms with Gasteiger partial charge in [0.25, 0.3) is 0 Å². The van der Waals surface area contributed by atoms with Crippen LogP contribution in [0, 0.1) is 5.41 Å². The maximum atomic E-state index is 12.9. The summed E-state index contributed by atoms with van der Waals surface area (Å²) >= 11 is 0. The van der Waals surface area contributed by atoms with E-state index in [0.29, 0.717) is 32.5 Å². The summed E-state index contributed by atoms with van der Waals surface area (Å²) in [4.78, 5) is 13.1.